The van der Waals surface area contributed by atoms with Gasteiger partial charge in [0.05, 0.1) is 10.4 Å². The van der Waals surface area contributed by atoms with E-state index in [-0.39, 0.29) is 12.0 Å². The summed E-state index contributed by atoms with van der Waals surface area (Å²) in [5.74, 6) is 2.22. The summed E-state index contributed by atoms with van der Waals surface area (Å²) >= 11 is 7.50. The molecule has 0 spiro atoms. The highest BCUT2D eigenvalue weighted by Gasteiger charge is 2.11. The summed E-state index contributed by atoms with van der Waals surface area (Å²) in [5.41, 5.74) is 5.81. The molecular weight excluding hydrogens is 280 g/mol. The molecule has 102 valence electrons. The van der Waals surface area contributed by atoms with Crippen LogP contribution in [0.1, 0.15) is 43.4 Å². The largest absolute Gasteiger partial charge is 0.384 e. The van der Waals surface area contributed by atoms with E-state index in [1.807, 2.05) is 26.0 Å². The van der Waals surface area contributed by atoms with Crippen molar-refractivity contribution in [2.24, 2.45) is 0 Å². The summed E-state index contributed by atoms with van der Waals surface area (Å²) in [6.45, 7) is 6.15. The number of nitrogens with two attached hydrogens (primary N) is 1. The van der Waals surface area contributed by atoms with Gasteiger partial charge in [-0.05, 0) is 19.1 Å². The van der Waals surface area contributed by atoms with E-state index in [0.29, 0.717) is 5.82 Å². The molecule has 0 aliphatic heterocycles. The predicted octanol–water partition coefficient (Wildman–Crippen LogP) is 4.07. The van der Waals surface area contributed by atoms with Gasteiger partial charge >= 0.3 is 0 Å². The third-order valence-electron chi connectivity index (χ3n) is 2.66. The zero-order valence-electron chi connectivity index (χ0n) is 11.1. The van der Waals surface area contributed by atoms with Crippen molar-refractivity contribution in [3.05, 3.63) is 33.2 Å². The topological polar surface area (TPSA) is 63.8 Å². The van der Waals surface area contributed by atoms with E-state index in [4.69, 9.17) is 17.3 Å². The minimum absolute atomic E-state index is 0.131. The van der Waals surface area contributed by atoms with E-state index in [2.05, 4.69) is 22.2 Å². The molecule has 2 heterocycles. The Morgan fingerprint density at radius 3 is 2.58 bits per heavy atom. The van der Waals surface area contributed by atoms with Crippen molar-refractivity contribution in [2.75, 3.05) is 11.1 Å². The maximum atomic E-state index is 5.94. The molecule has 2 aromatic heterocycles. The first-order chi connectivity index (χ1) is 8.95. The van der Waals surface area contributed by atoms with E-state index < -0.39 is 0 Å². The summed E-state index contributed by atoms with van der Waals surface area (Å²) < 4.78 is 0.786. The number of thiophene rings is 1. The van der Waals surface area contributed by atoms with E-state index in [9.17, 15) is 0 Å². The van der Waals surface area contributed by atoms with Crippen LogP contribution < -0.4 is 11.1 Å². The van der Waals surface area contributed by atoms with Crippen molar-refractivity contribution in [3.63, 3.8) is 0 Å². The summed E-state index contributed by atoms with van der Waals surface area (Å²) in [6, 6.07) is 5.79. The molecule has 0 bridgehead atoms. The lowest BCUT2D eigenvalue weighted by atomic mass is 10.2. The first-order valence-corrected chi connectivity index (χ1v) is 7.31. The quantitative estimate of drug-likeness (QED) is 0.892. The molecular formula is C13H17ClN4S. The normalized spacial score (nSPS) is 12.7. The van der Waals surface area contributed by atoms with Gasteiger partial charge in [-0.25, -0.2) is 9.97 Å². The van der Waals surface area contributed by atoms with E-state index >= 15 is 0 Å². The van der Waals surface area contributed by atoms with Gasteiger partial charge in [0.25, 0.3) is 0 Å². The van der Waals surface area contributed by atoms with Gasteiger partial charge in [-0.1, -0.05) is 25.4 Å². The number of nitrogens with one attached hydrogen (secondary N) is 1. The van der Waals surface area contributed by atoms with Crippen LogP contribution in [0.15, 0.2) is 18.2 Å². The zero-order valence-corrected chi connectivity index (χ0v) is 12.7. The lowest BCUT2D eigenvalue weighted by Gasteiger charge is -2.14. The Bertz CT molecular complexity index is 568. The van der Waals surface area contributed by atoms with Crippen LogP contribution in [0.4, 0.5) is 11.6 Å². The van der Waals surface area contributed by atoms with Gasteiger partial charge in [0.2, 0.25) is 0 Å². The fourth-order valence-electron chi connectivity index (χ4n) is 1.67. The Morgan fingerprint density at radius 2 is 2.00 bits per heavy atom. The van der Waals surface area contributed by atoms with Crippen LogP contribution in [0.3, 0.4) is 0 Å². The van der Waals surface area contributed by atoms with E-state index in [0.717, 1.165) is 20.9 Å². The molecule has 0 aliphatic rings. The number of halogens is 1. The Balaban J connectivity index is 2.18. The number of anilines is 2. The molecule has 1 unspecified atom stereocenters. The highest BCUT2D eigenvalue weighted by Crippen LogP contribution is 2.29. The van der Waals surface area contributed by atoms with Gasteiger partial charge in [0.15, 0.2) is 0 Å². The molecule has 19 heavy (non-hydrogen) atoms. The molecule has 0 radical (unpaired) electrons. The van der Waals surface area contributed by atoms with Gasteiger partial charge in [-0.3, -0.25) is 0 Å². The van der Waals surface area contributed by atoms with Gasteiger partial charge in [-0.2, -0.15) is 0 Å². The second-order valence-corrected chi connectivity index (χ2v) is 6.45. The Kier molecular flexibility index (Phi) is 4.27. The second kappa shape index (κ2) is 5.75. The number of rotatable bonds is 4. The molecule has 0 amide bonds. The molecule has 2 aromatic rings. The van der Waals surface area contributed by atoms with Crippen LogP contribution in [0.25, 0.3) is 0 Å². The highest BCUT2D eigenvalue weighted by atomic mass is 35.5. The van der Waals surface area contributed by atoms with Gasteiger partial charge in [0.1, 0.15) is 17.5 Å². The Morgan fingerprint density at radius 1 is 1.26 bits per heavy atom. The van der Waals surface area contributed by atoms with Crippen molar-refractivity contribution < 1.29 is 0 Å². The van der Waals surface area contributed by atoms with E-state index in [1.165, 1.54) is 0 Å². The number of hydrogen-bond donors (Lipinski definition) is 2. The number of nitrogens with zero attached hydrogens (tertiary/aromatic N) is 2. The third-order valence-corrected chi connectivity index (χ3v) is 4.08. The van der Waals surface area contributed by atoms with Crippen LogP contribution in [0.5, 0.6) is 0 Å². The summed E-state index contributed by atoms with van der Waals surface area (Å²) in [5, 5.41) is 3.33. The standard InChI is InChI=1S/C13H17ClN4S/c1-7(2)13-17-11(15)6-12(18-13)16-8(3)9-4-5-10(14)19-9/h4-8H,1-3H3,(H3,15,16,17,18). The monoisotopic (exact) mass is 296 g/mol. The molecule has 6 heteroatoms. The average Bonchev–Trinajstić information content (AvgIpc) is 2.75. The maximum absolute atomic E-state index is 5.94. The zero-order chi connectivity index (χ0) is 14.0. The number of hydrogen-bond acceptors (Lipinski definition) is 5. The molecule has 0 saturated heterocycles. The number of nitrogen functional groups attached to an aromatic ring is 1. The van der Waals surface area contributed by atoms with Crippen LogP contribution in [-0.2, 0) is 0 Å². The van der Waals surface area contributed by atoms with Crippen molar-refractivity contribution >= 4 is 34.6 Å². The average molecular weight is 297 g/mol. The lowest BCUT2D eigenvalue weighted by Crippen LogP contribution is -2.10. The minimum Gasteiger partial charge on any atom is -0.384 e. The number of aromatic nitrogens is 2. The van der Waals surface area contributed by atoms with E-state index in [1.54, 1.807) is 17.4 Å². The molecule has 0 saturated carbocycles. The van der Waals surface area contributed by atoms with Gasteiger partial charge < -0.3 is 11.1 Å². The first-order valence-electron chi connectivity index (χ1n) is 6.12. The molecule has 1 atom stereocenters. The van der Waals surface area contributed by atoms with Crippen LogP contribution in [0.2, 0.25) is 4.34 Å². The minimum atomic E-state index is 0.131. The van der Waals surface area contributed by atoms with Crippen LogP contribution in [0, 0.1) is 0 Å². The predicted molar refractivity (Wildman–Crippen MR) is 81.9 cm³/mol. The Labute approximate surface area is 122 Å². The van der Waals surface area contributed by atoms with Crippen molar-refractivity contribution in [1.29, 1.82) is 0 Å². The SMILES string of the molecule is CC(C)c1nc(N)cc(NC(C)c2ccc(Cl)s2)n1. The molecule has 4 nitrogen and oxygen atoms in total. The highest BCUT2D eigenvalue weighted by molar-refractivity contribution is 7.16. The summed E-state index contributed by atoms with van der Waals surface area (Å²) in [4.78, 5) is 9.86. The maximum Gasteiger partial charge on any atom is 0.135 e. The van der Waals surface area contributed by atoms with Gasteiger partial charge in [-0.15, -0.1) is 11.3 Å². The fraction of sp³-hybridized carbons (Fsp3) is 0.385. The Hall–Kier alpha value is -1.33. The summed E-state index contributed by atoms with van der Waals surface area (Å²) in [7, 11) is 0. The molecule has 0 aromatic carbocycles. The fourth-order valence-corrected chi connectivity index (χ4v) is 2.73. The first kappa shape index (κ1) is 14.1. The van der Waals surface area contributed by atoms with Crippen molar-refractivity contribution in [2.45, 2.75) is 32.7 Å². The van der Waals surface area contributed by atoms with Crippen LogP contribution >= 0.6 is 22.9 Å². The van der Waals surface area contributed by atoms with Gasteiger partial charge in [0, 0.05) is 16.9 Å². The molecule has 0 fully saturated rings. The summed E-state index contributed by atoms with van der Waals surface area (Å²) in [6.07, 6.45) is 0. The van der Waals surface area contributed by atoms with Crippen molar-refractivity contribution in [3.8, 4) is 0 Å². The molecule has 2 rings (SSSR count). The molecule has 0 aliphatic carbocycles. The smallest absolute Gasteiger partial charge is 0.135 e. The lowest BCUT2D eigenvalue weighted by molar-refractivity contribution is 0.772. The van der Waals surface area contributed by atoms with Crippen molar-refractivity contribution in [1.82, 2.24) is 9.97 Å². The second-order valence-electron chi connectivity index (χ2n) is 4.70. The third kappa shape index (κ3) is 3.58. The van der Waals surface area contributed by atoms with Crippen LogP contribution in [-0.4, -0.2) is 9.97 Å². The molecule has 3 N–H and O–H groups in total.